The molecule has 112 valence electrons. The fraction of sp³-hybridized carbons (Fsp3) is 0.571. The molecule has 1 saturated heterocycles. The summed E-state index contributed by atoms with van der Waals surface area (Å²) in [5.74, 6) is 0. The molecule has 0 spiro atoms. The maximum Gasteiger partial charge on any atom is 0.243 e. The van der Waals surface area contributed by atoms with Gasteiger partial charge in [-0.05, 0) is 45.2 Å². The van der Waals surface area contributed by atoms with E-state index in [2.05, 4.69) is 4.72 Å². The molecule has 1 fully saturated rings. The molecule has 0 bridgehead atoms. The molecule has 3 N–H and O–H groups in total. The molecular weight excluding hydrogens is 276 g/mol. The molecule has 1 aromatic rings. The molecule has 0 aliphatic carbocycles. The van der Waals surface area contributed by atoms with E-state index in [1.165, 1.54) is 0 Å². The Labute approximate surface area is 120 Å². The fourth-order valence-electron chi connectivity index (χ4n) is 2.65. The quantitative estimate of drug-likeness (QED) is 0.834. The number of nitrogens with one attached hydrogen (secondary N) is 1. The lowest BCUT2D eigenvalue weighted by atomic mass is 9.95. The Balaban J connectivity index is 2.24. The van der Waals surface area contributed by atoms with Gasteiger partial charge >= 0.3 is 0 Å². The van der Waals surface area contributed by atoms with Gasteiger partial charge in [-0.3, -0.25) is 0 Å². The molecule has 5 nitrogen and oxygen atoms in total. The summed E-state index contributed by atoms with van der Waals surface area (Å²) in [5.41, 5.74) is 6.46. The lowest BCUT2D eigenvalue weighted by Gasteiger charge is -2.35. The maximum atomic E-state index is 12.5. The zero-order valence-corrected chi connectivity index (χ0v) is 13.0. The Bertz CT molecular complexity index is 576. The first kappa shape index (κ1) is 15.3. The molecule has 0 saturated carbocycles. The van der Waals surface area contributed by atoms with Gasteiger partial charge in [0.2, 0.25) is 10.0 Å². The maximum absolute atomic E-state index is 12.5. The molecule has 1 atom stereocenters. The Kier molecular flexibility index (Phi) is 4.09. The predicted molar refractivity (Wildman–Crippen MR) is 79.0 cm³/mol. The molecular formula is C14H22N2O3S. The van der Waals surface area contributed by atoms with Crippen molar-refractivity contribution >= 4 is 15.7 Å². The van der Waals surface area contributed by atoms with Crippen LogP contribution in [0.25, 0.3) is 0 Å². The third kappa shape index (κ3) is 3.31. The van der Waals surface area contributed by atoms with Gasteiger partial charge in [-0.15, -0.1) is 0 Å². The van der Waals surface area contributed by atoms with Crippen molar-refractivity contribution in [2.75, 3.05) is 12.3 Å². The second kappa shape index (κ2) is 5.35. The number of hydrogen-bond acceptors (Lipinski definition) is 4. The van der Waals surface area contributed by atoms with Crippen LogP contribution in [0.3, 0.4) is 0 Å². The van der Waals surface area contributed by atoms with E-state index in [4.69, 9.17) is 10.5 Å². The lowest BCUT2D eigenvalue weighted by molar-refractivity contribution is -0.0599. The molecule has 1 aliphatic heterocycles. The number of ether oxygens (including phenoxy) is 1. The van der Waals surface area contributed by atoms with Crippen molar-refractivity contribution in [2.24, 2.45) is 0 Å². The number of anilines is 1. The van der Waals surface area contributed by atoms with Gasteiger partial charge in [0.1, 0.15) is 4.90 Å². The van der Waals surface area contributed by atoms with E-state index in [1.54, 1.807) is 25.1 Å². The first-order valence-corrected chi connectivity index (χ1v) is 8.21. The Morgan fingerprint density at radius 1 is 1.40 bits per heavy atom. The van der Waals surface area contributed by atoms with Crippen LogP contribution in [0.4, 0.5) is 5.69 Å². The van der Waals surface area contributed by atoms with Crippen LogP contribution in [0.5, 0.6) is 0 Å². The van der Waals surface area contributed by atoms with Crippen molar-refractivity contribution in [3.63, 3.8) is 0 Å². The average Bonchev–Trinajstić information content (AvgIpc) is 2.25. The Hall–Kier alpha value is -1.11. The normalized spacial score (nSPS) is 22.6. The third-order valence-electron chi connectivity index (χ3n) is 3.53. The van der Waals surface area contributed by atoms with E-state index in [0.717, 1.165) is 0 Å². The first-order chi connectivity index (χ1) is 9.21. The summed E-state index contributed by atoms with van der Waals surface area (Å²) in [6.07, 6.45) is 1.33. The van der Waals surface area contributed by atoms with Crippen molar-refractivity contribution in [1.29, 1.82) is 0 Å². The molecule has 0 amide bonds. The molecule has 1 aromatic carbocycles. The van der Waals surface area contributed by atoms with Gasteiger partial charge in [0, 0.05) is 12.6 Å². The van der Waals surface area contributed by atoms with Crippen molar-refractivity contribution in [3.8, 4) is 0 Å². The number of rotatable bonds is 3. The van der Waals surface area contributed by atoms with E-state index in [1.807, 2.05) is 13.8 Å². The summed E-state index contributed by atoms with van der Waals surface area (Å²) in [6.45, 7) is 6.24. The van der Waals surface area contributed by atoms with Crippen molar-refractivity contribution in [2.45, 2.75) is 50.2 Å². The van der Waals surface area contributed by atoms with Crippen LogP contribution in [-0.2, 0) is 14.8 Å². The second-order valence-corrected chi connectivity index (χ2v) is 7.56. The summed E-state index contributed by atoms with van der Waals surface area (Å²) in [6, 6.07) is 4.98. The topological polar surface area (TPSA) is 81.4 Å². The van der Waals surface area contributed by atoms with Crippen molar-refractivity contribution in [1.82, 2.24) is 4.72 Å². The molecule has 1 aliphatic rings. The highest BCUT2D eigenvalue weighted by Gasteiger charge is 2.32. The van der Waals surface area contributed by atoms with Crippen LogP contribution in [0, 0.1) is 6.92 Å². The Morgan fingerprint density at radius 3 is 2.70 bits per heavy atom. The highest BCUT2D eigenvalue weighted by molar-refractivity contribution is 7.89. The molecule has 1 unspecified atom stereocenters. The highest BCUT2D eigenvalue weighted by Crippen LogP contribution is 2.27. The van der Waals surface area contributed by atoms with Crippen molar-refractivity contribution < 1.29 is 13.2 Å². The zero-order valence-electron chi connectivity index (χ0n) is 12.1. The van der Waals surface area contributed by atoms with Crippen LogP contribution in [0.1, 0.15) is 32.3 Å². The first-order valence-electron chi connectivity index (χ1n) is 6.73. The standard InChI is InChI=1S/C14H22N2O3S/c1-10-5-4-6-12(15)13(10)20(17,18)16-11-7-8-19-14(2,3)9-11/h4-6,11,16H,7-9,15H2,1-3H3. The summed E-state index contributed by atoms with van der Waals surface area (Å²) >= 11 is 0. The molecule has 1 heterocycles. The van der Waals surface area contributed by atoms with Gasteiger partial charge < -0.3 is 10.5 Å². The third-order valence-corrected chi connectivity index (χ3v) is 5.27. The monoisotopic (exact) mass is 298 g/mol. The van der Waals surface area contributed by atoms with E-state index < -0.39 is 10.0 Å². The van der Waals surface area contributed by atoms with Crippen LogP contribution >= 0.6 is 0 Å². The van der Waals surface area contributed by atoms with Gasteiger partial charge in [-0.2, -0.15) is 0 Å². The van der Waals surface area contributed by atoms with Crippen LogP contribution < -0.4 is 10.5 Å². The van der Waals surface area contributed by atoms with E-state index in [-0.39, 0.29) is 22.2 Å². The lowest BCUT2D eigenvalue weighted by Crippen LogP contribution is -2.45. The molecule has 0 aromatic heterocycles. The largest absolute Gasteiger partial charge is 0.398 e. The minimum atomic E-state index is -3.60. The number of sulfonamides is 1. The number of nitrogens with two attached hydrogens (primary N) is 1. The molecule has 6 heteroatoms. The summed E-state index contributed by atoms with van der Waals surface area (Å²) in [7, 11) is -3.60. The summed E-state index contributed by atoms with van der Waals surface area (Å²) < 4.78 is 33.4. The van der Waals surface area contributed by atoms with Crippen LogP contribution in [0.2, 0.25) is 0 Å². The van der Waals surface area contributed by atoms with Crippen molar-refractivity contribution in [3.05, 3.63) is 23.8 Å². The van der Waals surface area contributed by atoms with Gasteiger partial charge in [-0.25, -0.2) is 13.1 Å². The molecule has 2 rings (SSSR count). The highest BCUT2D eigenvalue weighted by atomic mass is 32.2. The zero-order chi connectivity index (χ0) is 15.0. The van der Waals surface area contributed by atoms with E-state index >= 15 is 0 Å². The minimum Gasteiger partial charge on any atom is -0.398 e. The van der Waals surface area contributed by atoms with Gasteiger partial charge in [0.05, 0.1) is 11.3 Å². The minimum absolute atomic E-state index is 0.122. The predicted octanol–water partition coefficient (Wildman–Crippen LogP) is 1.81. The van der Waals surface area contributed by atoms with Crippen LogP contribution in [-0.4, -0.2) is 26.7 Å². The second-order valence-electron chi connectivity index (χ2n) is 5.91. The SMILES string of the molecule is Cc1cccc(N)c1S(=O)(=O)NC1CCOC(C)(C)C1. The summed E-state index contributed by atoms with van der Waals surface area (Å²) in [5, 5.41) is 0. The van der Waals surface area contributed by atoms with E-state index in [0.29, 0.717) is 25.0 Å². The molecule has 0 radical (unpaired) electrons. The number of aryl methyl sites for hydroxylation is 1. The van der Waals surface area contributed by atoms with Crippen LogP contribution in [0.15, 0.2) is 23.1 Å². The number of nitrogen functional groups attached to an aromatic ring is 1. The molecule has 20 heavy (non-hydrogen) atoms. The number of benzene rings is 1. The van der Waals surface area contributed by atoms with Gasteiger partial charge in [0.15, 0.2) is 0 Å². The average molecular weight is 298 g/mol. The summed E-state index contributed by atoms with van der Waals surface area (Å²) in [4.78, 5) is 0.185. The van der Waals surface area contributed by atoms with Gasteiger partial charge in [-0.1, -0.05) is 12.1 Å². The van der Waals surface area contributed by atoms with E-state index in [9.17, 15) is 8.42 Å². The fourth-order valence-corrected chi connectivity index (χ4v) is 4.28. The number of hydrogen-bond donors (Lipinski definition) is 2. The smallest absolute Gasteiger partial charge is 0.243 e. The van der Waals surface area contributed by atoms with Gasteiger partial charge in [0.25, 0.3) is 0 Å². The Morgan fingerprint density at radius 2 is 2.10 bits per heavy atom.